The number of hydrogen-bond acceptors (Lipinski definition) is 0. The second-order valence-corrected chi connectivity index (χ2v) is 21.1. The van der Waals surface area contributed by atoms with Crippen molar-refractivity contribution >= 4 is 11.4 Å². The molecule has 2 nitrogen and oxygen atoms in total. The van der Waals surface area contributed by atoms with Crippen LogP contribution in [0.3, 0.4) is 0 Å². The van der Waals surface area contributed by atoms with Crippen LogP contribution >= 0.6 is 0 Å². The van der Waals surface area contributed by atoms with Crippen LogP contribution in [0.5, 0.6) is 0 Å². The van der Waals surface area contributed by atoms with Crippen molar-refractivity contribution in [1.82, 2.24) is 0 Å². The third-order valence-electron chi connectivity index (χ3n) is 13.9. The first-order valence-electron chi connectivity index (χ1n) is 28.6. The minimum absolute atomic E-state index is 0.915. The molecule has 374 valence electrons. The quantitative estimate of drug-likeness (QED) is 0.0360. The minimum Gasteiger partial charge on any atom is -0.0654 e. The smallest absolute Gasteiger partial charge is 0.0654 e. The molecule has 2 aromatic rings. The summed E-state index contributed by atoms with van der Waals surface area (Å²) in [5.41, 5.74) is 20.7. The van der Waals surface area contributed by atoms with Crippen LogP contribution in [0.2, 0.25) is 10.8 Å². The summed E-state index contributed by atoms with van der Waals surface area (Å²) in [6, 6.07) is 17.2. The van der Waals surface area contributed by atoms with E-state index in [2.05, 4.69) is 90.1 Å². The number of aryl methyl sites for hydroxylation is 2. The fourth-order valence-corrected chi connectivity index (χ4v) is 10.9. The molecule has 1 aliphatic heterocycles. The van der Waals surface area contributed by atoms with Crippen molar-refractivity contribution in [3.63, 3.8) is 0 Å². The Kier molecular flexibility index (Phi) is 38.3. The Bertz CT molecular complexity index is 1470. The summed E-state index contributed by atoms with van der Waals surface area (Å²) < 4.78 is 1.47. The van der Waals surface area contributed by atoms with Gasteiger partial charge in [-0.15, -0.1) is 0 Å². The van der Waals surface area contributed by atoms with Gasteiger partial charge in [-0.1, -0.05) is 136 Å². The molecule has 0 aromatic heterocycles. The molecule has 65 heavy (non-hydrogen) atoms. The van der Waals surface area contributed by atoms with E-state index in [0.29, 0.717) is 0 Å². The van der Waals surface area contributed by atoms with E-state index in [4.69, 9.17) is 0 Å². The molecule has 0 fully saturated rings. The summed E-state index contributed by atoms with van der Waals surface area (Å²) in [4.78, 5) is 0. The summed E-state index contributed by atoms with van der Waals surface area (Å²) >= 11 is 2.04. The van der Waals surface area contributed by atoms with Crippen LogP contribution in [0.4, 0.5) is 0 Å². The predicted octanol–water partition coefficient (Wildman–Crippen LogP) is 22.0. The van der Waals surface area contributed by atoms with E-state index in [9.17, 15) is 5.53 Å². The molecule has 0 radical (unpaired) electrons. The Morgan fingerprint density at radius 3 is 0.969 bits per heavy atom. The van der Waals surface area contributed by atoms with E-state index in [1.165, 1.54) is 243 Å². The molecule has 3 rings (SSSR count). The Morgan fingerprint density at radius 1 is 0.354 bits per heavy atom. The van der Waals surface area contributed by atoms with E-state index in [0.717, 1.165) is 61.0 Å². The van der Waals surface area contributed by atoms with Crippen molar-refractivity contribution in [3.05, 3.63) is 87.5 Å². The molecule has 0 saturated carbocycles. The number of allylic oxidation sites excluding steroid dienone is 2. The van der Waals surface area contributed by atoms with Crippen LogP contribution in [0.1, 0.15) is 295 Å². The Morgan fingerprint density at radius 2 is 0.662 bits per heavy atom. The SMILES string of the molecule is CCCCC1=C(c2cccc(CC)c2)[N+](=[N-])C(c2cccc(CC)c2)=C1CC.CCCCCCCCCCCCCCCCC[CH2][Ni][CH2]CCCCCCCCCCCCCCCCC. The van der Waals surface area contributed by atoms with Crippen LogP contribution in [0.25, 0.3) is 16.9 Å². The fraction of sp³-hybridized carbons (Fsp3) is 0.742. The van der Waals surface area contributed by atoms with Crippen molar-refractivity contribution in [2.75, 3.05) is 0 Å². The predicted molar refractivity (Wildman–Crippen MR) is 288 cm³/mol. The Labute approximate surface area is 412 Å². The van der Waals surface area contributed by atoms with Crippen LogP contribution in [-0.2, 0) is 27.3 Å². The van der Waals surface area contributed by atoms with Gasteiger partial charge in [-0.05, 0) is 67.5 Å². The number of unbranched alkanes of at least 4 members (excludes halogenated alkanes) is 31. The standard InChI is InChI=1S/C26H32N2.2C18H37.Ni/c1-5-9-16-24-23(8-4)25(21-14-10-12-19(6-2)17-21)28(27)26(24)22-15-11-13-20(7-3)18-22;2*1-3-5-7-9-11-13-15-17-18-16-14-12-10-8-6-4-2;/h10-15,17-18H,5-9,16H2,1-4H3;2*1,3-18H2,2H3;. The van der Waals surface area contributed by atoms with Gasteiger partial charge in [0.1, 0.15) is 0 Å². The summed E-state index contributed by atoms with van der Waals surface area (Å²) in [6.45, 7) is 13.4. The molecule has 0 unspecified atom stereocenters. The van der Waals surface area contributed by atoms with E-state index in [1.807, 2.05) is 14.4 Å². The summed E-state index contributed by atoms with van der Waals surface area (Å²) in [6.07, 6.45) is 53.4. The Hall–Kier alpha value is -1.99. The van der Waals surface area contributed by atoms with Crippen LogP contribution in [0.15, 0.2) is 59.7 Å². The van der Waals surface area contributed by atoms with Crippen molar-refractivity contribution in [2.24, 2.45) is 0 Å². The number of nitrogens with zero attached hydrogens (tertiary/aromatic N) is 2. The molecule has 0 saturated heterocycles. The van der Waals surface area contributed by atoms with Crippen molar-refractivity contribution < 1.29 is 19.1 Å². The van der Waals surface area contributed by atoms with Crippen LogP contribution in [-0.4, -0.2) is 4.70 Å². The Balaban J connectivity index is 0.000000461. The van der Waals surface area contributed by atoms with Gasteiger partial charge in [0, 0.05) is 22.3 Å². The van der Waals surface area contributed by atoms with Gasteiger partial charge in [0.05, 0.1) is 0 Å². The van der Waals surface area contributed by atoms with Crippen LogP contribution in [0, 0.1) is 0 Å². The molecule has 1 aliphatic rings. The van der Waals surface area contributed by atoms with Gasteiger partial charge in [-0.3, -0.25) is 0 Å². The molecule has 0 N–H and O–H groups in total. The average molecular weight is 938 g/mol. The van der Waals surface area contributed by atoms with E-state index >= 15 is 0 Å². The second-order valence-electron chi connectivity index (χ2n) is 19.6. The van der Waals surface area contributed by atoms with Gasteiger partial charge in [0.2, 0.25) is 11.4 Å². The average Bonchev–Trinajstić information content (AvgIpc) is 3.62. The van der Waals surface area contributed by atoms with E-state index < -0.39 is 0 Å². The molecule has 0 atom stereocenters. The summed E-state index contributed by atoms with van der Waals surface area (Å²) in [5.74, 6) is 0. The molecule has 0 bridgehead atoms. The van der Waals surface area contributed by atoms with Gasteiger partial charge in [0.25, 0.3) is 0 Å². The van der Waals surface area contributed by atoms with E-state index in [-0.39, 0.29) is 0 Å². The van der Waals surface area contributed by atoms with Gasteiger partial charge < -0.3 is 5.53 Å². The second kappa shape index (κ2) is 42.1. The zero-order chi connectivity index (χ0) is 46.8. The molecular formula is C62H106N2Ni. The third-order valence-corrected chi connectivity index (χ3v) is 15.3. The fourth-order valence-electron chi connectivity index (χ4n) is 9.62. The first-order chi connectivity index (χ1) is 32.1. The maximum absolute atomic E-state index is 11.4. The first kappa shape index (κ1) is 59.1. The zero-order valence-corrected chi connectivity index (χ0v) is 45.1. The molecule has 0 spiro atoms. The topological polar surface area (TPSA) is 25.3 Å². The van der Waals surface area contributed by atoms with Crippen molar-refractivity contribution in [1.29, 1.82) is 0 Å². The normalized spacial score (nSPS) is 12.8. The van der Waals surface area contributed by atoms with Gasteiger partial charge in [-0.2, -0.15) is 0 Å². The number of rotatable bonds is 42. The van der Waals surface area contributed by atoms with Crippen LogP contribution < -0.4 is 0 Å². The zero-order valence-electron chi connectivity index (χ0n) is 44.1. The van der Waals surface area contributed by atoms with Crippen molar-refractivity contribution in [3.8, 4) is 0 Å². The number of hydrogen-bond donors (Lipinski definition) is 0. The molecule has 0 amide bonds. The monoisotopic (exact) mass is 937 g/mol. The maximum atomic E-state index is 11.4. The first-order valence-corrected chi connectivity index (χ1v) is 30.0. The summed E-state index contributed by atoms with van der Waals surface area (Å²) in [7, 11) is 0. The van der Waals surface area contributed by atoms with E-state index in [1.54, 1.807) is 0 Å². The minimum atomic E-state index is 0.915. The molecular weight excluding hydrogens is 831 g/mol. The molecule has 1 heterocycles. The molecule has 0 aliphatic carbocycles. The molecule has 3 heteroatoms. The van der Waals surface area contributed by atoms with Gasteiger partial charge in [0.15, 0.2) is 0 Å². The van der Waals surface area contributed by atoms with Crippen molar-refractivity contribution in [2.45, 2.75) is 296 Å². The molecule has 2 aromatic carbocycles. The third kappa shape index (κ3) is 27.6. The number of benzene rings is 2. The van der Waals surface area contributed by atoms with Gasteiger partial charge >= 0.3 is 166 Å². The van der Waals surface area contributed by atoms with Gasteiger partial charge in [-0.25, -0.2) is 4.70 Å². The summed E-state index contributed by atoms with van der Waals surface area (Å²) in [5, 5.41) is 2.87.